The Bertz CT molecular complexity index is 420. The summed E-state index contributed by atoms with van der Waals surface area (Å²) in [7, 11) is 0. The Morgan fingerprint density at radius 1 is 1.64 bits per heavy atom. The van der Waals surface area contributed by atoms with Crippen LogP contribution in [0.4, 0.5) is 0 Å². The minimum Gasteiger partial charge on any atom is -0.480 e. The molecule has 1 heterocycles. The van der Waals surface area contributed by atoms with Gasteiger partial charge in [0.15, 0.2) is 0 Å². The number of aromatic amines is 1. The fourth-order valence-electron chi connectivity index (χ4n) is 1.09. The molecule has 14 heavy (non-hydrogen) atoms. The standard InChI is InChI=1S/C9H12N2O3/c1-5-3-6(7(12)11-4-5)9(2,10)8(13)14/h3-4H,10H2,1-2H3,(H,11,12)(H,13,14)/t9-/m0/s1. The predicted octanol–water partition coefficient (Wildman–Crippen LogP) is -0.0582. The van der Waals surface area contributed by atoms with Gasteiger partial charge in [0.1, 0.15) is 5.54 Å². The lowest BCUT2D eigenvalue weighted by atomic mass is 9.94. The smallest absolute Gasteiger partial charge is 0.328 e. The highest BCUT2D eigenvalue weighted by molar-refractivity contribution is 5.79. The van der Waals surface area contributed by atoms with E-state index < -0.39 is 17.1 Å². The number of carboxylic acid groups (broad SMARTS) is 1. The average Bonchev–Trinajstić information content (AvgIpc) is 2.08. The van der Waals surface area contributed by atoms with Crippen molar-refractivity contribution < 1.29 is 9.90 Å². The number of carbonyl (C=O) groups is 1. The van der Waals surface area contributed by atoms with Crippen molar-refractivity contribution in [2.24, 2.45) is 5.73 Å². The van der Waals surface area contributed by atoms with Crippen molar-refractivity contribution in [3.05, 3.63) is 33.7 Å². The summed E-state index contributed by atoms with van der Waals surface area (Å²) in [5.41, 5.74) is 4.23. The number of hydrogen-bond acceptors (Lipinski definition) is 3. The van der Waals surface area contributed by atoms with Gasteiger partial charge >= 0.3 is 5.97 Å². The van der Waals surface area contributed by atoms with E-state index in [1.165, 1.54) is 19.2 Å². The summed E-state index contributed by atoms with van der Waals surface area (Å²) in [5, 5.41) is 8.83. The number of aryl methyl sites for hydroxylation is 1. The summed E-state index contributed by atoms with van der Waals surface area (Å²) in [6, 6.07) is 1.48. The molecular formula is C9H12N2O3. The normalized spacial score (nSPS) is 14.8. The molecule has 0 amide bonds. The molecule has 0 aromatic carbocycles. The highest BCUT2D eigenvalue weighted by Crippen LogP contribution is 2.14. The van der Waals surface area contributed by atoms with E-state index in [0.29, 0.717) is 0 Å². The molecule has 0 fully saturated rings. The first kappa shape index (κ1) is 10.5. The molecule has 0 saturated heterocycles. The van der Waals surface area contributed by atoms with E-state index in [1.54, 1.807) is 6.92 Å². The molecule has 76 valence electrons. The van der Waals surface area contributed by atoms with Crippen molar-refractivity contribution in [2.45, 2.75) is 19.4 Å². The summed E-state index contributed by atoms with van der Waals surface area (Å²) >= 11 is 0. The highest BCUT2D eigenvalue weighted by Gasteiger charge is 2.32. The second-order valence-corrected chi connectivity index (χ2v) is 3.43. The van der Waals surface area contributed by atoms with Gasteiger partial charge in [0.2, 0.25) is 0 Å². The van der Waals surface area contributed by atoms with Gasteiger partial charge in [-0.3, -0.25) is 4.79 Å². The van der Waals surface area contributed by atoms with Crippen LogP contribution in [0, 0.1) is 6.92 Å². The maximum Gasteiger partial charge on any atom is 0.328 e. The number of nitrogens with two attached hydrogens (primary N) is 1. The Kier molecular flexibility index (Phi) is 2.44. The molecule has 0 bridgehead atoms. The van der Waals surface area contributed by atoms with Gasteiger partial charge in [-0.25, -0.2) is 4.79 Å². The molecule has 0 aliphatic heterocycles. The van der Waals surface area contributed by atoms with Gasteiger partial charge in [0, 0.05) is 11.8 Å². The third-order valence-corrected chi connectivity index (χ3v) is 2.05. The van der Waals surface area contributed by atoms with Crippen LogP contribution in [0.15, 0.2) is 17.1 Å². The van der Waals surface area contributed by atoms with Crippen molar-refractivity contribution in [2.75, 3.05) is 0 Å². The molecule has 1 aromatic rings. The van der Waals surface area contributed by atoms with E-state index in [4.69, 9.17) is 10.8 Å². The van der Waals surface area contributed by atoms with E-state index >= 15 is 0 Å². The van der Waals surface area contributed by atoms with Gasteiger partial charge in [0.25, 0.3) is 5.56 Å². The fraction of sp³-hybridized carbons (Fsp3) is 0.333. The molecule has 0 radical (unpaired) electrons. The first-order chi connectivity index (χ1) is 6.35. The van der Waals surface area contributed by atoms with E-state index in [1.807, 2.05) is 0 Å². The summed E-state index contributed by atoms with van der Waals surface area (Å²) in [6.45, 7) is 3.04. The minimum atomic E-state index is -1.65. The van der Waals surface area contributed by atoms with Crippen LogP contribution in [0.5, 0.6) is 0 Å². The average molecular weight is 196 g/mol. The lowest BCUT2D eigenvalue weighted by Gasteiger charge is -2.18. The minimum absolute atomic E-state index is 0.0602. The zero-order valence-corrected chi connectivity index (χ0v) is 8.00. The number of rotatable bonds is 2. The molecule has 5 heteroatoms. The molecule has 5 nitrogen and oxygen atoms in total. The van der Waals surface area contributed by atoms with Gasteiger partial charge in [-0.15, -0.1) is 0 Å². The molecular weight excluding hydrogens is 184 g/mol. The summed E-state index contributed by atoms with van der Waals surface area (Å²) < 4.78 is 0. The number of aromatic nitrogens is 1. The molecule has 4 N–H and O–H groups in total. The Morgan fingerprint density at radius 2 is 2.21 bits per heavy atom. The van der Waals surface area contributed by atoms with E-state index in [0.717, 1.165) is 5.56 Å². The van der Waals surface area contributed by atoms with Crippen LogP contribution in [0.2, 0.25) is 0 Å². The van der Waals surface area contributed by atoms with Gasteiger partial charge in [-0.05, 0) is 25.5 Å². The quantitative estimate of drug-likeness (QED) is 0.617. The fourth-order valence-corrected chi connectivity index (χ4v) is 1.09. The van der Waals surface area contributed by atoms with Crippen LogP contribution in [0.3, 0.4) is 0 Å². The Labute approximate surface area is 80.6 Å². The van der Waals surface area contributed by atoms with Gasteiger partial charge < -0.3 is 15.8 Å². The molecule has 1 aromatic heterocycles. The molecule has 0 aliphatic carbocycles. The number of nitrogens with one attached hydrogen (secondary N) is 1. The summed E-state index contributed by atoms with van der Waals surface area (Å²) in [5.74, 6) is -1.23. The van der Waals surface area contributed by atoms with Crippen LogP contribution < -0.4 is 11.3 Å². The van der Waals surface area contributed by atoms with Gasteiger partial charge in [-0.1, -0.05) is 0 Å². The van der Waals surface area contributed by atoms with Crippen molar-refractivity contribution >= 4 is 5.97 Å². The molecule has 1 rings (SSSR count). The number of pyridine rings is 1. The number of H-pyrrole nitrogens is 1. The summed E-state index contributed by atoms with van der Waals surface area (Å²) in [4.78, 5) is 24.6. The molecule has 0 aliphatic rings. The molecule has 0 spiro atoms. The second kappa shape index (κ2) is 3.26. The first-order valence-electron chi connectivity index (χ1n) is 4.08. The lowest BCUT2D eigenvalue weighted by Crippen LogP contribution is -2.45. The van der Waals surface area contributed by atoms with Crippen LogP contribution in [0.25, 0.3) is 0 Å². The van der Waals surface area contributed by atoms with Crippen molar-refractivity contribution in [3.63, 3.8) is 0 Å². The van der Waals surface area contributed by atoms with Crippen molar-refractivity contribution in [1.29, 1.82) is 0 Å². The molecule has 0 unspecified atom stereocenters. The Balaban J connectivity index is 3.39. The first-order valence-corrected chi connectivity index (χ1v) is 4.08. The van der Waals surface area contributed by atoms with Crippen LogP contribution in [-0.4, -0.2) is 16.1 Å². The van der Waals surface area contributed by atoms with E-state index in [-0.39, 0.29) is 5.56 Å². The summed E-state index contributed by atoms with van der Waals surface area (Å²) in [6.07, 6.45) is 1.50. The number of hydrogen-bond donors (Lipinski definition) is 3. The van der Waals surface area contributed by atoms with Crippen LogP contribution in [-0.2, 0) is 10.3 Å². The Hall–Kier alpha value is -1.62. The molecule has 1 atom stereocenters. The number of carboxylic acids is 1. The maximum absolute atomic E-state index is 11.3. The van der Waals surface area contributed by atoms with Gasteiger partial charge in [-0.2, -0.15) is 0 Å². The lowest BCUT2D eigenvalue weighted by molar-refractivity contribution is -0.143. The van der Waals surface area contributed by atoms with Crippen LogP contribution >= 0.6 is 0 Å². The maximum atomic E-state index is 11.3. The highest BCUT2D eigenvalue weighted by atomic mass is 16.4. The zero-order chi connectivity index (χ0) is 10.9. The second-order valence-electron chi connectivity index (χ2n) is 3.43. The third kappa shape index (κ3) is 1.67. The Morgan fingerprint density at radius 3 is 2.71 bits per heavy atom. The van der Waals surface area contributed by atoms with Crippen LogP contribution in [0.1, 0.15) is 18.1 Å². The monoisotopic (exact) mass is 196 g/mol. The van der Waals surface area contributed by atoms with Crippen molar-refractivity contribution in [1.82, 2.24) is 4.98 Å². The predicted molar refractivity (Wildman–Crippen MR) is 51.0 cm³/mol. The van der Waals surface area contributed by atoms with E-state index in [9.17, 15) is 9.59 Å². The van der Waals surface area contributed by atoms with Crippen molar-refractivity contribution in [3.8, 4) is 0 Å². The SMILES string of the molecule is Cc1c[nH]c(=O)c([C@](C)(N)C(=O)O)c1. The third-order valence-electron chi connectivity index (χ3n) is 2.05. The number of aliphatic carboxylic acids is 1. The topological polar surface area (TPSA) is 96.2 Å². The molecule has 0 saturated carbocycles. The zero-order valence-electron chi connectivity index (χ0n) is 8.00. The van der Waals surface area contributed by atoms with E-state index in [2.05, 4.69) is 4.98 Å². The largest absolute Gasteiger partial charge is 0.480 e. The van der Waals surface area contributed by atoms with Gasteiger partial charge in [0.05, 0.1) is 0 Å².